The second kappa shape index (κ2) is 5.58. The van der Waals surface area contributed by atoms with Gasteiger partial charge < -0.3 is 15.0 Å². The van der Waals surface area contributed by atoms with E-state index in [9.17, 15) is 0 Å². The maximum atomic E-state index is 5.84. The summed E-state index contributed by atoms with van der Waals surface area (Å²) in [7, 11) is 1.68. The number of aromatic nitrogens is 2. The SMILES string of the molecule is COc1cc(C)nc(Cn2cc(CN)c3ccccc32)c1. The Hall–Kier alpha value is -2.33. The van der Waals surface area contributed by atoms with Crippen molar-refractivity contribution in [3.05, 3.63) is 59.5 Å². The molecule has 0 atom stereocenters. The summed E-state index contributed by atoms with van der Waals surface area (Å²) in [5.74, 6) is 0.841. The van der Waals surface area contributed by atoms with Gasteiger partial charge in [-0.25, -0.2) is 0 Å². The average Bonchev–Trinajstić information content (AvgIpc) is 2.85. The van der Waals surface area contributed by atoms with Crippen LogP contribution in [0.3, 0.4) is 0 Å². The van der Waals surface area contributed by atoms with Gasteiger partial charge in [0.1, 0.15) is 5.75 Å². The first-order valence-corrected chi connectivity index (χ1v) is 6.99. The number of rotatable bonds is 4. The zero-order chi connectivity index (χ0) is 14.8. The van der Waals surface area contributed by atoms with E-state index >= 15 is 0 Å². The number of pyridine rings is 1. The lowest BCUT2D eigenvalue weighted by Gasteiger charge is -2.08. The van der Waals surface area contributed by atoms with E-state index in [0.29, 0.717) is 13.1 Å². The second-order valence-electron chi connectivity index (χ2n) is 5.14. The molecule has 1 aromatic carbocycles. The van der Waals surface area contributed by atoms with Crippen LogP contribution in [0.15, 0.2) is 42.6 Å². The van der Waals surface area contributed by atoms with Crippen LogP contribution in [0.25, 0.3) is 10.9 Å². The Kier molecular flexibility index (Phi) is 3.62. The summed E-state index contributed by atoms with van der Waals surface area (Å²) in [5.41, 5.74) is 10.1. The monoisotopic (exact) mass is 281 g/mol. The van der Waals surface area contributed by atoms with Gasteiger partial charge in [0.25, 0.3) is 0 Å². The maximum absolute atomic E-state index is 5.84. The van der Waals surface area contributed by atoms with Crippen molar-refractivity contribution in [1.82, 2.24) is 9.55 Å². The molecule has 0 saturated carbocycles. The Morgan fingerprint density at radius 2 is 2.05 bits per heavy atom. The van der Waals surface area contributed by atoms with E-state index in [2.05, 4.69) is 27.9 Å². The number of para-hydroxylation sites is 1. The third-order valence-corrected chi connectivity index (χ3v) is 3.64. The van der Waals surface area contributed by atoms with Crippen LogP contribution in [0.2, 0.25) is 0 Å². The van der Waals surface area contributed by atoms with Crippen LogP contribution in [0.5, 0.6) is 5.75 Å². The highest BCUT2D eigenvalue weighted by molar-refractivity contribution is 5.84. The minimum Gasteiger partial charge on any atom is -0.497 e. The molecule has 0 amide bonds. The molecule has 0 fully saturated rings. The van der Waals surface area contributed by atoms with Gasteiger partial charge in [0, 0.05) is 41.5 Å². The summed E-state index contributed by atoms with van der Waals surface area (Å²) >= 11 is 0. The second-order valence-corrected chi connectivity index (χ2v) is 5.14. The van der Waals surface area contributed by atoms with Crippen LogP contribution < -0.4 is 10.5 Å². The van der Waals surface area contributed by atoms with E-state index in [-0.39, 0.29) is 0 Å². The summed E-state index contributed by atoms with van der Waals surface area (Å²) in [6.45, 7) is 3.22. The van der Waals surface area contributed by atoms with E-state index < -0.39 is 0 Å². The number of nitrogens with two attached hydrogens (primary N) is 1. The van der Waals surface area contributed by atoms with Crippen molar-refractivity contribution in [3.8, 4) is 5.75 Å². The molecule has 3 aromatic rings. The quantitative estimate of drug-likeness (QED) is 0.800. The molecule has 0 aliphatic heterocycles. The number of hydrogen-bond donors (Lipinski definition) is 1. The zero-order valence-corrected chi connectivity index (χ0v) is 12.3. The van der Waals surface area contributed by atoms with Gasteiger partial charge in [0.05, 0.1) is 19.3 Å². The first-order valence-electron chi connectivity index (χ1n) is 6.99. The van der Waals surface area contributed by atoms with Gasteiger partial charge in [0.2, 0.25) is 0 Å². The minimum absolute atomic E-state index is 0.540. The molecule has 0 saturated heterocycles. The molecule has 0 unspecified atom stereocenters. The number of hydrogen-bond acceptors (Lipinski definition) is 3. The third kappa shape index (κ3) is 2.62. The summed E-state index contributed by atoms with van der Waals surface area (Å²) in [6.07, 6.45) is 2.11. The molecule has 21 heavy (non-hydrogen) atoms. The molecule has 2 heterocycles. The fourth-order valence-corrected chi connectivity index (χ4v) is 2.69. The van der Waals surface area contributed by atoms with Crippen molar-refractivity contribution in [2.75, 3.05) is 7.11 Å². The van der Waals surface area contributed by atoms with Crippen molar-refractivity contribution in [2.24, 2.45) is 5.73 Å². The lowest BCUT2D eigenvalue weighted by Crippen LogP contribution is -2.02. The lowest BCUT2D eigenvalue weighted by molar-refractivity contribution is 0.413. The molecular weight excluding hydrogens is 262 g/mol. The maximum Gasteiger partial charge on any atom is 0.122 e. The Morgan fingerprint density at radius 1 is 1.24 bits per heavy atom. The molecular formula is C17H19N3O. The van der Waals surface area contributed by atoms with Crippen LogP contribution in [-0.2, 0) is 13.1 Å². The van der Waals surface area contributed by atoms with Crippen molar-refractivity contribution in [1.29, 1.82) is 0 Å². The molecule has 4 nitrogen and oxygen atoms in total. The van der Waals surface area contributed by atoms with Crippen LogP contribution in [-0.4, -0.2) is 16.7 Å². The van der Waals surface area contributed by atoms with Crippen LogP contribution in [0, 0.1) is 6.92 Å². The highest BCUT2D eigenvalue weighted by atomic mass is 16.5. The van der Waals surface area contributed by atoms with E-state index in [0.717, 1.165) is 22.7 Å². The molecule has 4 heteroatoms. The standard InChI is InChI=1S/C17H19N3O/c1-12-7-15(21-2)8-14(19-12)11-20-10-13(9-18)16-5-3-4-6-17(16)20/h3-8,10H,9,11,18H2,1-2H3. The Labute approximate surface area is 124 Å². The van der Waals surface area contributed by atoms with Gasteiger partial charge in [-0.1, -0.05) is 18.2 Å². The third-order valence-electron chi connectivity index (χ3n) is 3.64. The Bertz CT molecular complexity index is 777. The smallest absolute Gasteiger partial charge is 0.122 e. The lowest BCUT2D eigenvalue weighted by atomic mass is 10.2. The number of methoxy groups -OCH3 is 1. The molecule has 0 bridgehead atoms. The van der Waals surface area contributed by atoms with Gasteiger partial charge in [-0.15, -0.1) is 0 Å². The van der Waals surface area contributed by atoms with Crippen LogP contribution in [0.1, 0.15) is 17.0 Å². The average molecular weight is 281 g/mol. The first kappa shape index (κ1) is 13.6. The normalized spacial score (nSPS) is 11.0. The number of ether oxygens (including phenoxy) is 1. The molecule has 3 rings (SSSR count). The Morgan fingerprint density at radius 3 is 2.81 bits per heavy atom. The van der Waals surface area contributed by atoms with Gasteiger partial charge in [-0.2, -0.15) is 0 Å². The van der Waals surface area contributed by atoms with E-state index in [1.54, 1.807) is 7.11 Å². The molecule has 0 aliphatic rings. The minimum atomic E-state index is 0.540. The summed E-state index contributed by atoms with van der Waals surface area (Å²) in [4.78, 5) is 4.59. The molecule has 108 valence electrons. The Balaban J connectivity index is 2.04. The molecule has 0 spiro atoms. The van der Waals surface area contributed by atoms with Crippen molar-refractivity contribution < 1.29 is 4.74 Å². The molecule has 0 aliphatic carbocycles. The van der Waals surface area contributed by atoms with Crippen molar-refractivity contribution in [3.63, 3.8) is 0 Å². The van der Waals surface area contributed by atoms with Gasteiger partial charge in [0.15, 0.2) is 0 Å². The number of nitrogens with zero attached hydrogens (tertiary/aromatic N) is 2. The molecule has 2 N–H and O–H groups in total. The number of aryl methyl sites for hydroxylation is 1. The highest BCUT2D eigenvalue weighted by Gasteiger charge is 2.08. The first-order chi connectivity index (χ1) is 10.2. The fourth-order valence-electron chi connectivity index (χ4n) is 2.69. The van der Waals surface area contributed by atoms with Gasteiger partial charge >= 0.3 is 0 Å². The van der Waals surface area contributed by atoms with Gasteiger partial charge in [-0.3, -0.25) is 4.98 Å². The summed E-state index contributed by atoms with van der Waals surface area (Å²) in [6, 6.07) is 12.2. The number of benzene rings is 1. The molecule has 2 aromatic heterocycles. The van der Waals surface area contributed by atoms with E-state index in [1.165, 1.54) is 10.9 Å². The van der Waals surface area contributed by atoms with E-state index in [1.807, 2.05) is 31.2 Å². The van der Waals surface area contributed by atoms with Gasteiger partial charge in [-0.05, 0) is 18.6 Å². The zero-order valence-electron chi connectivity index (χ0n) is 12.3. The largest absolute Gasteiger partial charge is 0.497 e. The van der Waals surface area contributed by atoms with E-state index in [4.69, 9.17) is 10.5 Å². The summed E-state index contributed by atoms with van der Waals surface area (Å²) < 4.78 is 7.51. The van der Waals surface area contributed by atoms with Crippen molar-refractivity contribution in [2.45, 2.75) is 20.0 Å². The van der Waals surface area contributed by atoms with Crippen LogP contribution >= 0.6 is 0 Å². The topological polar surface area (TPSA) is 53.1 Å². The molecule has 0 radical (unpaired) electrons. The summed E-state index contributed by atoms with van der Waals surface area (Å²) in [5, 5.41) is 1.21. The van der Waals surface area contributed by atoms with Crippen LogP contribution in [0.4, 0.5) is 0 Å². The van der Waals surface area contributed by atoms with Crippen molar-refractivity contribution >= 4 is 10.9 Å². The predicted octanol–water partition coefficient (Wildman–Crippen LogP) is 2.86. The predicted molar refractivity (Wildman–Crippen MR) is 84.5 cm³/mol. The highest BCUT2D eigenvalue weighted by Crippen LogP contribution is 2.22. The number of fused-ring (bicyclic) bond motifs is 1. The fraction of sp³-hybridized carbons (Fsp3) is 0.235.